The van der Waals surface area contributed by atoms with Gasteiger partial charge in [0.15, 0.2) is 0 Å². The summed E-state index contributed by atoms with van der Waals surface area (Å²) in [7, 11) is 1.56. The summed E-state index contributed by atoms with van der Waals surface area (Å²) in [5.41, 5.74) is 3.78. The summed E-state index contributed by atoms with van der Waals surface area (Å²) in [4.78, 5) is 40.9. The first kappa shape index (κ1) is 24.0. The quantitative estimate of drug-likeness (QED) is 0.420. The number of anilines is 1. The van der Waals surface area contributed by atoms with E-state index in [0.717, 1.165) is 41.1 Å². The van der Waals surface area contributed by atoms with Gasteiger partial charge in [-0.15, -0.1) is 0 Å². The van der Waals surface area contributed by atoms with Crippen molar-refractivity contribution in [3.05, 3.63) is 72.1 Å². The van der Waals surface area contributed by atoms with Crippen LogP contribution >= 0.6 is 0 Å². The summed E-state index contributed by atoms with van der Waals surface area (Å²) in [5, 5.41) is 2.79. The molecule has 4 aromatic rings. The van der Waals surface area contributed by atoms with Gasteiger partial charge in [-0.2, -0.15) is 0 Å². The Morgan fingerprint density at radius 2 is 1.95 bits per heavy atom. The van der Waals surface area contributed by atoms with Crippen LogP contribution in [0.25, 0.3) is 16.8 Å². The first-order valence-corrected chi connectivity index (χ1v) is 12.0. The van der Waals surface area contributed by atoms with Crippen molar-refractivity contribution in [1.82, 2.24) is 24.3 Å². The van der Waals surface area contributed by atoms with Crippen molar-refractivity contribution < 1.29 is 14.3 Å². The van der Waals surface area contributed by atoms with E-state index in [1.54, 1.807) is 55.6 Å². The van der Waals surface area contributed by atoms with Crippen LogP contribution < -0.4 is 10.1 Å². The molecule has 9 nitrogen and oxygen atoms in total. The van der Waals surface area contributed by atoms with E-state index in [0.29, 0.717) is 23.7 Å². The van der Waals surface area contributed by atoms with E-state index < -0.39 is 0 Å². The van der Waals surface area contributed by atoms with Crippen molar-refractivity contribution in [1.29, 1.82) is 0 Å². The highest BCUT2D eigenvalue weighted by atomic mass is 16.5. The third-order valence-electron chi connectivity index (χ3n) is 6.44. The number of ether oxygens (including phenoxy) is 1. The Morgan fingerprint density at radius 3 is 2.70 bits per heavy atom. The van der Waals surface area contributed by atoms with E-state index in [-0.39, 0.29) is 17.9 Å². The molecule has 2 amide bonds. The van der Waals surface area contributed by atoms with Crippen LogP contribution in [0.15, 0.2) is 55.0 Å². The van der Waals surface area contributed by atoms with Crippen LogP contribution in [0, 0.1) is 18.8 Å². The third-order valence-corrected chi connectivity index (χ3v) is 6.44. The molecule has 0 bridgehead atoms. The van der Waals surface area contributed by atoms with Crippen LogP contribution in [-0.2, 0) is 4.79 Å². The molecule has 9 heteroatoms. The fourth-order valence-corrected chi connectivity index (χ4v) is 4.69. The first-order valence-electron chi connectivity index (χ1n) is 12.0. The summed E-state index contributed by atoms with van der Waals surface area (Å²) < 4.78 is 7.20. The maximum atomic E-state index is 12.8. The Labute approximate surface area is 214 Å². The number of imidazole rings is 1. The van der Waals surface area contributed by atoms with Crippen molar-refractivity contribution in [3.63, 3.8) is 0 Å². The summed E-state index contributed by atoms with van der Waals surface area (Å²) >= 11 is 0. The number of methoxy groups -OCH3 is 1. The number of rotatable bonds is 5. The molecule has 1 atom stereocenters. The molecule has 1 saturated heterocycles. The highest BCUT2D eigenvalue weighted by Crippen LogP contribution is 2.35. The molecule has 3 aromatic heterocycles. The van der Waals surface area contributed by atoms with Crippen LogP contribution in [-0.4, -0.2) is 49.7 Å². The molecule has 1 fully saturated rings. The number of nitrogens with zero attached hydrogens (tertiary/aromatic N) is 5. The largest absolute Gasteiger partial charge is 0.497 e. The van der Waals surface area contributed by atoms with Crippen LogP contribution in [0.4, 0.5) is 5.82 Å². The van der Waals surface area contributed by atoms with E-state index >= 15 is 0 Å². The number of aromatic nitrogens is 4. The lowest BCUT2D eigenvalue weighted by molar-refractivity contribution is -0.126. The zero-order valence-corrected chi connectivity index (χ0v) is 20.9. The van der Waals surface area contributed by atoms with Gasteiger partial charge in [-0.1, -0.05) is 18.1 Å². The number of aryl methyl sites for hydroxylation is 1. The lowest BCUT2D eigenvalue weighted by Crippen LogP contribution is -2.30. The molecule has 37 heavy (non-hydrogen) atoms. The number of nitrogens with one attached hydrogen (secondary N) is 1. The van der Waals surface area contributed by atoms with Crippen molar-refractivity contribution in [2.24, 2.45) is 0 Å². The van der Waals surface area contributed by atoms with Crippen LogP contribution in [0.3, 0.4) is 0 Å². The molecule has 1 aliphatic rings. The zero-order valence-electron chi connectivity index (χ0n) is 20.9. The smallest absolute Gasteiger partial charge is 0.299 e. The minimum absolute atomic E-state index is 0.170. The molecule has 4 heterocycles. The Balaban J connectivity index is 1.48. The average Bonchev–Trinajstić information content (AvgIpc) is 3.55. The number of pyridine rings is 1. The molecule has 186 valence electrons. The van der Waals surface area contributed by atoms with Gasteiger partial charge < -0.3 is 15.0 Å². The maximum Gasteiger partial charge on any atom is 0.299 e. The number of carbonyl (C=O) groups excluding carboxylic acids is 2. The first-order chi connectivity index (χ1) is 18.0. The standard InChI is InChI=1S/C28H26N6O3/c1-4-6-24(35)33-15-5-7-22(33)27-32-25(26-18(2)29-14-16-34(26)27)19-8-10-20(11-9-19)28(36)31-23-17-21(37-3)12-13-30-23/h8-14,16-17,22H,5,7,15H2,1-3H3,(H,30,31,36)/t22-/m0/s1. The minimum Gasteiger partial charge on any atom is -0.497 e. The second kappa shape index (κ2) is 10.1. The second-order valence-corrected chi connectivity index (χ2v) is 8.69. The Hall–Kier alpha value is -4.71. The fraction of sp³-hybridized carbons (Fsp3) is 0.250. The number of hydrogen-bond acceptors (Lipinski definition) is 6. The van der Waals surface area contributed by atoms with Gasteiger partial charge in [0.1, 0.15) is 17.4 Å². The van der Waals surface area contributed by atoms with Crippen LogP contribution in [0.5, 0.6) is 5.75 Å². The number of benzene rings is 1. The lowest BCUT2D eigenvalue weighted by atomic mass is 10.1. The highest BCUT2D eigenvalue weighted by Gasteiger charge is 2.33. The predicted octanol–water partition coefficient (Wildman–Crippen LogP) is 4.05. The minimum atomic E-state index is -0.280. The number of carbonyl (C=O) groups is 2. The van der Waals surface area contributed by atoms with E-state index in [9.17, 15) is 9.59 Å². The van der Waals surface area contributed by atoms with Gasteiger partial charge in [-0.25, -0.2) is 9.97 Å². The van der Waals surface area contributed by atoms with Gasteiger partial charge in [-0.3, -0.25) is 19.0 Å². The molecular formula is C28H26N6O3. The van der Waals surface area contributed by atoms with Crippen LogP contribution in [0.2, 0.25) is 0 Å². The van der Waals surface area contributed by atoms with E-state index in [1.807, 2.05) is 29.7 Å². The Bertz CT molecular complexity index is 1550. The van der Waals surface area contributed by atoms with Crippen molar-refractivity contribution in [2.75, 3.05) is 19.0 Å². The molecule has 0 aliphatic carbocycles. The number of hydrogen-bond donors (Lipinski definition) is 1. The Morgan fingerprint density at radius 1 is 1.14 bits per heavy atom. The van der Waals surface area contributed by atoms with Gasteiger partial charge in [0.2, 0.25) is 0 Å². The molecule has 5 rings (SSSR count). The third kappa shape index (κ3) is 4.61. The number of likely N-dealkylation sites (tertiary alicyclic amines) is 1. The average molecular weight is 495 g/mol. The van der Waals surface area contributed by atoms with Gasteiger partial charge >= 0.3 is 0 Å². The molecule has 1 aromatic carbocycles. The monoisotopic (exact) mass is 494 g/mol. The van der Waals surface area contributed by atoms with Crippen molar-refractivity contribution in [3.8, 4) is 28.8 Å². The van der Waals surface area contributed by atoms with Gasteiger partial charge in [0.05, 0.1) is 30.1 Å². The van der Waals surface area contributed by atoms with Crippen molar-refractivity contribution in [2.45, 2.75) is 32.7 Å². The normalized spacial score (nSPS) is 14.8. The number of fused-ring (bicyclic) bond motifs is 1. The van der Waals surface area contributed by atoms with E-state index in [4.69, 9.17) is 9.72 Å². The number of amides is 2. The molecule has 1 N–H and O–H groups in total. The van der Waals surface area contributed by atoms with Crippen LogP contribution in [0.1, 0.15) is 47.7 Å². The highest BCUT2D eigenvalue weighted by molar-refractivity contribution is 6.04. The topological polar surface area (TPSA) is 102 Å². The molecule has 0 spiro atoms. The molecular weight excluding hydrogens is 468 g/mol. The molecule has 0 radical (unpaired) electrons. The molecule has 0 unspecified atom stereocenters. The summed E-state index contributed by atoms with van der Waals surface area (Å²) in [6.45, 7) is 4.25. The van der Waals surface area contributed by atoms with Crippen molar-refractivity contribution >= 4 is 23.1 Å². The maximum absolute atomic E-state index is 12.8. The lowest BCUT2D eigenvalue weighted by Gasteiger charge is -2.21. The summed E-state index contributed by atoms with van der Waals surface area (Å²) in [6.07, 6.45) is 6.90. The van der Waals surface area contributed by atoms with Gasteiger partial charge in [0.25, 0.3) is 11.8 Å². The second-order valence-electron chi connectivity index (χ2n) is 8.69. The predicted molar refractivity (Wildman–Crippen MR) is 139 cm³/mol. The van der Waals surface area contributed by atoms with E-state index in [1.165, 1.54) is 0 Å². The fourth-order valence-electron chi connectivity index (χ4n) is 4.69. The Kier molecular flexibility index (Phi) is 6.56. The summed E-state index contributed by atoms with van der Waals surface area (Å²) in [5.74, 6) is 6.70. The van der Waals surface area contributed by atoms with Gasteiger partial charge in [-0.05, 0) is 50.8 Å². The summed E-state index contributed by atoms with van der Waals surface area (Å²) in [6, 6.07) is 10.4. The van der Waals surface area contributed by atoms with Gasteiger partial charge in [0, 0.05) is 42.3 Å². The molecule has 0 saturated carbocycles. The molecule has 1 aliphatic heterocycles. The zero-order chi connectivity index (χ0) is 25.9. The SMILES string of the molecule is CC#CC(=O)N1CCC[C@H]1c1nc(-c2ccc(C(=O)Nc3cc(OC)ccn3)cc2)c2c(C)nccn12. The van der Waals surface area contributed by atoms with E-state index in [2.05, 4.69) is 27.1 Å².